The van der Waals surface area contributed by atoms with Crippen LogP contribution in [0.15, 0.2) is 29.3 Å². The summed E-state index contributed by atoms with van der Waals surface area (Å²) in [5.74, 6) is -0.241. The SMILES string of the molecule is C[C@@H](OCCCc1ccc(F)cc1)[C@H]1O[C@@H]2SC(N(C)C)=N[C@@H]2[C@@H](O)[C@@H]1O. The molecule has 0 aromatic heterocycles. The maximum atomic E-state index is 12.9. The van der Waals surface area contributed by atoms with Gasteiger partial charge in [-0.25, -0.2) is 4.39 Å². The Bertz CT molecular complexity index is 658. The molecule has 6 atom stereocenters. The van der Waals surface area contributed by atoms with Crippen LogP contribution in [-0.2, 0) is 15.9 Å². The van der Waals surface area contributed by atoms with Crippen molar-refractivity contribution >= 4 is 16.9 Å². The summed E-state index contributed by atoms with van der Waals surface area (Å²) in [6, 6.07) is 5.97. The number of rotatable bonds is 6. The molecule has 0 bridgehead atoms. The summed E-state index contributed by atoms with van der Waals surface area (Å²) in [6.45, 7) is 2.33. The average Bonchev–Trinajstić information content (AvgIpc) is 3.08. The Morgan fingerprint density at radius 3 is 2.63 bits per heavy atom. The van der Waals surface area contributed by atoms with E-state index in [0.717, 1.165) is 23.6 Å². The zero-order valence-corrected chi connectivity index (χ0v) is 16.6. The predicted octanol–water partition coefficient (Wildman–Crippen LogP) is 1.64. The topological polar surface area (TPSA) is 74.5 Å². The van der Waals surface area contributed by atoms with Crippen molar-refractivity contribution in [2.75, 3.05) is 20.7 Å². The summed E-state index contributed by atoms with van der Waals surface area (Å²) in [5.41, 5.74) is 0.728. The van der Waals surface area contributed by atoms with E-state index in [9.17, 15) is 14.6 Å². The van der Waals surface area contributed by atoms with E-state index in [-0.39, 0.29) is 17.4 Å². The van der Waals surface area contributed by atoms with Crippen LogP contribution in [0.1, 0.15) is 18.9 Å². The highest BCUT2D eigenvalue weighted by molar-refractivity contribution is 8.14. The van der Waals surface area contributed by atoms with Gasteiger partial charge in [0.2, 0.25) is 0 Å². The van der Waals surface area contributed by atoms with E-state index in [4.69, 9.17) is 9.47 Å². The van der Waals surface area contributed by atoms with Gasteiger partial charge in [-0.3, -0.25) is 4.99 Å². The predicted molar refractivity (Wildman–Crippen MR) is 103 cm³/mol. The van der Waals surface area contributed by atoms with Gasteiger partial charge in [0.15, 0.2) is 5.17 Å². The molecule has 0 radical (unpaired) electrons. The molecule has 0 unspecified atom stereocenters. The van der Waals surface area contributed by atoms with E-state index in [1.165, 1.54) is 23.9 Å². The standard InChI is InChI=1S/C19H27FN2O4S/c1-11(25-10-4-5-12-6-8-13(20)9-7-12)17-16(24)15(23)14-18(26-17)27-19(21-14)22(2)3/h6-9,11,14-18,23-24H,4-5,10H2,1-3H3/t11-,14-,15-,16+,17-,18-/m1/s1. The van der Waals surface area contributed by atoms with Crippen LogP contribution in [-0.4, -0.2) is 76.9 Å². The van der Waals surface area contributed by atoms with E-state index >= 15 is 0 Å². The van der Waals surface area contributed by atoms with Crippen molar-refractivity contribution in [3.63, 3.8) is 0 Å². The molecule has 3 rings (SSSR count). The molecule has 150 valence electrons. The van der Waals surface area contributed by atoms with Gasteiger partial charge in [-0.15, -0.1) is 0 Å². The van der Waals surface area contributed by atoms with Crippen LogP contribution in [0, 0.1) is 5.82 Å². The molecule has 1 aromatic rings. The summed E-state index contributed by atoms with van der Waals surface area (Å²) in [7, 11) is 3.77. The Labute approximate surface area is 163 Å². The quantitative estimate of drug-likeness (QED) is 0.710. The summed E-state index contributed by atoms with van der Waals surface area (Å²) >= 11 is 1.45. The van der Waals surface area contributed by atoms with Gasteiger partial charge < -0.3 is 24.6 Å². The maximum Gasteiger partial charge on any atom is 0.161 e. The van der Waals surface area contributed by atoms with Gasteiger partial charge >= 0.3 is 0 Å². The lowest BCUT2D eigenvalue weighted by atomic mass is 9.95. The highest BCUT2D eigenvalue weighted by Gasteiger charge is 2.50. The third kappa shape index (κ3) is 4.81. The van der Waals surface area contributed by atoms with Gasteiger partial charge in [0.05, 0.1) is 6.10 Å². The molecule has 2 aliphatic rings. The Morgan fingerprint density at radius 1 is 1.26 bits per heavy atom. The summed E-state index contributed by atoms with van der Waals surface area (Å²) in [6.07, 6.45) is -1.46. The zero-order valence-electron chi connectivity index (χ0n) is 15.8. The maximum absolute atomic E-state index is 12.9. The van der Waals surface area contributed by atoms with Crippen molar-refractivity contribution in [1.29, 1.82) is 0 Å². The molecule has 1 aromatic carbocycles. The molecule has 2 N–H and O–H groups in total. The zero-order chi connectivity index (χ0) is 19.6. The fourth-order valence-corrected chi connectivity index (χ4v) is 4.42. The molecule has 27 heavy (non-hydrogen) atoms. The Hall–Kier alpha value is -1.19. The molecule has 1 saturated heterocycles. The molecule has 2 aliphatic heterocycles. The number of hydrogen-bond acceptors (Lipinski definition) is 7. The first-order valence-corrected chi connectivity index (χ1v) is 10.0. The number of halogens is 1. The summed E-state index contributed by atoms with van der Waals surface area (Å²) < 4.78 is 24.8. The van der Waals surface area contributed by atoms with Crippen LogP contribution in [0.4, 0.5) is 4.39 Å². The number of thioether (sulfide) groups is 1. The fourth-order valence-electron chi connectivity index (χ4n) is 3.27. The van der Waals surface area contributed by atoms with Crippen LogP contribution in [0.5, 0.6) is 0 Å². The molecule has 8 heteroatoms. The van der Waals surface area contributed by atoms with Crippen LogP contribution < -0.4 is 0 Å². The van der Waals surface area contributed by atoms with Crippen LogP contribution in [0.2, 0.25) is 0 Å². The van der Waals surface area contributed by atoms with Gasteiger partial charge in [-0.2, -0.15) is 0 Å². The second-order valence-electron chi connectivity index (χ2n) is 7.17. The summed E-state index contributed by atoms with van der Waals surface area (Å²) in [4.78, 5) is 6.32. The number of nitrogens with zero attached hydrogens (tertiary/aromatic N) is 2. The Balaban J connectivity index is 1.48. The average molecular weight is 399 g/mol. The van der Waals surface area contributed by atoms with Crippen molar-refractivity contribution in [2.45, 2.75) is 55.7 Å². The monoisotopic (exact) mass is 398 g/mol. The summed E-state index contributed by atoms with van der Waals surface area (Å²) in [5, 5.41) is 21.7. The first-order chi connectivity index (χ1) is 12.9. The van der Waals surface area contributed by atoms with Crippen molar-refractivity contribution in [2.24, 2.45) is 4.99 Å². The van der Waals surface area contributed by atoms with Crippen molar-refractivity contribution in [3.8, 4) is 0 Å². The smallest absolute Gasteiger partial charge is 0.161 e. The fraction of sp³-hybridized carbons (Fsp3) is 0.632. The molecular formula is C19H27FN2O4S. The minimum Gasteiger partial charge on any atom is -0.388 e. The Kier molecular flexibility index (Phi) is 6.75. The highest BCUT2D eigenvalue weighted by atomic mass is 32.2. The molecule has 2 heterocycles. The van der Waals surface area contributed by atoms with Gasteiger partial charge in [0.25, 0.3) is 0 Å². The van der Waals surface area contributed by atoms with Crippen molar-refractivity contribution < 1.29 is 24.1 Å². The lowest BCUT2D eigenvalue weighted by Gasteiger charge is -2.40. The van der Waals surface area contributed by atoms with Crippen molar-refractivity contribution in [1.82, 2.24) is 4.90 Å². The van der Waals surface area contributed by atoms with Gasteiger partial charge in [-0.1, -0.05) is 23.9 Å². The molecule has 0 amide bonds. The normalized spacial score (nSPS) is 31.3. The number of amidine groups is 1. The number of fused-ring (bicyclic) bond motifs is 1. The lowest BCUT2D eigenvalue weighted by Crippen LogP contribution is -2.58. The lowest BCUT2D eigenvalue weighted by molar-refractivity contribution is -0.191. The van der Waals surface area contributed by atoms with Crippen LogP contribution in [0.3, 0.4) is 0 Å². The molecule has 0 aliphatic carbocycles. The van der Waals surface area contributed by atoms with E-state index in [2.05, 4.69) is 4.99 Å². The highest BCUT2D eigenvalue weighted by Crippen LogP contribution is 2.38. The third-order valence-corrected chi connectivity index (χ3v) is 6.14. The van der Waals surface area contributed by atoms with Crippen LogP contribution >= 0.6 is 11.8 Å². The van der Waals surface area contributed by atoms with Gasteiger partial charge in [0.1, 0.15) is 35.6 Å². The minimum atomic E-state index is -1.05. The number of benzene rings is 1. The largest absolute Gasteiger partial charge is 0.388 e. The Morgan fingerprint density at radius 2 is 1.96 bits per heavy atom. The number of aliphatic imine (C=N–C) groups is 1. The molecule has 0 saturated carbocycles. The first kappa shape index (κ1) is 20.5. The number of hydrogen-bond donors (Lipinski definition) is 2. The number of ether oxygens (including phenoxy) is 2. The number of aliphatic hydroxyl groups excluding tert-OH is 2. The first-order valence-electron chi connectivity index (χ1n) is 9.16. The molecule has 1 fully saturated rings. The van der Waals surface area contributed by atoms with E-state index in [0.29, 0.717) is 6.61 Å². The number of aryl methyl sites for hydroxylation is 1. The van der Waals surface area contributed by atoms with E-state index in [1.807, 2.05) is 25.9 Å². The van der Waals surface area contributed by atoms with E-state index in [1.54, 1.807) is 12.1 Å². The van der Waals surface area contributed by atoms with Gasteiger partial charge in [0, 0.05) is 20.7 Å². The second-order valence-corrected chi connectivity index (χ2v) is 8.24. The van der Waals surface area contributed by atoms with Crippen molar-refractivity contribution in [3.05, 3.63) is 35.6 Å². The molecule has 6 nitrogen and oxygen atoms in total. The number of aliphatic hydroxyl groups is 2. The third-order valence-electron chi connectivity index (χ3n) is 4.84. The van der Waals surface area contributed by atoms with Gasteiger partial charge in [-0.05, 0) is 37.5 Å². The van der Waals surface area contributed by atoms with E-state index < -0.39 is 24.4 Å². The molecule has 0 spiro atoms. The molecular weight excluding hydrogens is 371 g/mol. The minimum absolute atomic E-state index is 0.241. The van der Waals surface area contributed by atoms with Crippen LogP contribution in [0.25, 0.3) is 0 Å². The second kappa shape index (κ2) is 8.87.